The number of pyridine rings is 1. The van der Waals surface area contributed by atoms with Gasteiger partial charge in [0, 0.05) is 18.5 Å². The molecule has 92 valence electrons. The van der Waals surface area contributed by atoms with Crippen molar-refractivity contribution in [2.24, 2.45) is 0 Å². The van der Waals surface area contributed by atoms with Crippen LogP contribution in [-0.2, 0) is 0 Å². The van der Waals surface area contributed by atoms with Gasteiger partial charge in [0.2, 0.25) is 0 Å². The van der Waals surface area contributed by atoms with Crippen LogP contribution in [0.5, 0.6) is 0 Å². The average molecular weight is 239 g/mol. The highest BCUT2D eigenvalue weighted by Gasteiger charge is 2.03. The van der Waals surface area contributed by atoms with E-state index in [4.69, 9.17) is 0 Å². The van der Waals surface area contributed by atoms with Crippen molar-refractivity contribution >= 4 is 16.7 Å². The van der Waals surface area contributed by atoms with Crippen molar-refractivity contribution in [1.82, 2.24) is 10.3 Å². The SMILES string of the molecule is C1=C(CNc2ccc3ccccc3n2)CCNC1. The molecule has 2 heterocycles. The second kappa shape index (κ2) is 5.19. The molecule has 1 aromatic heterocycles. The molecule has 1 aromatic carbocycles. The lowest BCUT2D eigenvalue weighted by Crippen LogP contribution is -2.23. The highest BCUT2D eigenvalue weighted by atomic mass is 15.0. The largest absolute Gasteiger partial charge is 0.366 e. The molecular formula is C15H17N3. The Kier molecular flexibility index (Phi) is 3.24. The lowest BCUT2D eigenvalue weighted by Gasteiger charge is -2.15. The molecule has 3 rings (SSSR count). The van der Waals surface area contributed by atoms with Crippen LogP contribution in [-0.4, -0.2) is 24.6 Å². The predicted molar refractivity (Wildman–Crippen MR) is 75.8 cm³/mol. The van der Waals surface area contributed by atoms with E-state index >= 15 is 0 Å². The molecule has 0 saturated heterocycles. The molecule has 2 N–H and O–H groups in total. The molecule has 0 fully saturated rings. The van der Waals surface area contributed by atoms with E-state index in [0.29, 0.717) is 0 Å². The third-order valence-electron chi connectivity index (χ3n) is 3.25. The average Bonchev–Trinajstić information content (AvgIpc) is 2.46. The molecule has 0 saturated carbocycles. The molecule has 1 aliphatic heterocycles. The maximum atomic E-state index is 4.61. The van der Waals surface area contributed by atoms with Gasteiger partial charge in [0.15, 0.2) is 0 Å². The van der Waals surface area contributed by atoms with Crippen LogP contribution in [0.15, 0.2) is 48.0 Å². The van der Waals surface area contributed by atoms with Gasteiger partial charge in [-0.1, -0.05) is 29.8 Å². The van der Waals surface area contributed by atoms with Crippen molar-refractivity contribution in [2.75, 3.05) is 25.0 Å². The smallest absolute Gasteiger partial charge is 0.126 e. The molecule has 3 heteroatoms. The molecule has 0 radical (unpaired) electrons. The number of para-hydroxylation sites is 1. The maximum Gasteiger partial charge on any atom is 0.126 e. The second-order valence-electron chi connectivity index (χ2n) is 4.56. The van der Waals surface area contributed by atoms with E-state index in [-0.39, 0.29) is 0 Å². The number of nitrogens with zero attached hydrogens (tertiary/aromatic N) is 1. The number of hydrogen-bond acceptors (Lipinski definition) is 3. The molecule has 0 spiro atoms. The highest BCUT2D eigenvalue weighted by molar-refractivity contribution is 5.80. The number of hydrogen-bond donors (Lipinski definition) is 2. The number of aromatic nitrogens is 1. The molecule has 3 nitrogen and oxygen atoms in total. The van der Waals surface area contributed by atoms with Gasteiger partial charge in [-0.25, -0.2) is 4.98 Å². The number of fused-ring (bicyclic) bond motifs is 1. The summed E-state index contributed by atoms with van der Waals surface area (Å²) in [5.41, 5.74) is 2.51. The standard InChI is InChI=1S/C15H17N3/c1-2-4-14-13(3-1)5-6-15(18-14)17-11-12-7-9-16-10-8-12/h1-7,16H,8-11H2,(H,17,18). The lowest BCUT2D eigenvalue weighted by molar-refractivity contribution is 0.698. The summed E-state index contributed by atoms with van der Waals surface area (Å²) >= 11 is 0. The molecular weight excluding hydrogens is 222 g/mol. The van der Waals surface area contributed by atoms with Gasteiger partial charge >= 0.3 is 0 Å². The van der Waals surface area contributed by atoms with Crippen molar-refractivity contribution in [3.8, 4) is 0 Å². The zero-order valence-electron chi connectivity index (χ0n) is 10.3. The van der Waals surface area contributed by atoms with E-state index in [2.05, 4.69) is 33.8 Å². The van der Waals surface area contributed by atoms with Crippen LogP contribution < -0.4 is 10.6 Å². The summed E-state index contributed by atoms with van der Waals surface area (Å²) in [7, 11) is 0. The third kappa shape index (κ3) is 2.51. The van der Waals surface area contributed by atoms with E-state index in [1.54, 1.807) is 0 Å². The van der Waals surface area contributed by atoms with Gasteiger partial charge in [-0.05, 0) is 31.2 Å². The van der Waals surface area contributed by atoms with Crippen LogP contribution in [0.25, 0.3) is 10.9 Å². The zero-order valence-corrected chi connectivity index (χ0v) is 10.3. The Morgan fingerprint density at radius 1 is 1.17 bits per heavy atom. The van der Waals surface area contributed by atoms with Gasteiger partial charge in [0.25, 0.3) is 0 Å². The second-order valence-corrected chi connectivity index (χ2v) is 4.56. The summed E-state index contributed by atoms with van der Waals surface area (Å²) in [5, 5.41) is 7.90. The first-order valence-corrected chi connectivity index (χ1v) is 6.40. The first kappa shape index (κ1) is 11.2. The van der Waals surface area contributed by atoms with E-state index < -0.39 is 0 Å². The van der Waals surface area contributed by atoms with E-state index in [1.165, 1.54) is 11.0 Å². The molecule has 0 atom stereocenters. The van der Waals surface area contributed by atoms with Gasteiger partial charge < -0.3 is 10.6 Å². The third-order valence-corrected chi connectivity index (χ3v) is 3.25. The molecule has 18 heavy (non-hydrogen) atoms. The lowest BCUT2D eigenvalue weighted by atomic mass is 10.1. The normalized spacial score (nSPS) is 15.4. The first-order chi connectivity index (χ1) is 8.92. The topological polar surface area (TPSA) is 37.0 Å². The van der Waals surface area contributed by atoms with Crippen LogP contribution in [0.2, 0.25) is 0 Å². The Morgan fingerprint density at radius 3 is 3.00 bits per heavy atom. The molecule has 2 aromatic rings. The van der Waals surface area contributed by atoms with Gasteiger partial charge in [-0.3, -0.25) is 0 Å². The summed E-state index contributed by atoms with van der Waals surface area (Å²) in [6.07, 6.45) is 3.39. The zero-order chi connectivity index (χ0) is 12.2. The predicted octanol–water partition coefficient (Wildman–Crippen LogP) is 2.57. The summed E-state index contributed by atoms with van der Waals surface area (Å²) in [6.45, 7) is 2.97. The number of benzene rings is 1. The molecule has 0 bridgehead atoms. The van der Waals surface area contributed by atoms with Gasteiger partial charge in [-0.15, -0.1) is 0 Å². The summed E-state index contributed by atoms with van der Waals surface area (Å²) in [4.78, 5) is 4.61. The minimum absolute atomic E-state index is 0.896. The van der Waals surface area contributed by atoms with Crippen molar-refractivity contribution in [2.45, 2.75) is 6.42 Å². The van der Waals surface area contributed by atoms with Crippen LogP contribution in [0.1, 0.15) is 6.42 Å². The van der Waals surface area contributed by atoms with Gasteiger partial charge in [0.1, 0.15) is 5.82 Å². The highest BCUT2D eigenvalue weighted by Crippen LogP contribution is 2.15. The number of rotatable bonds is 3. The Bertz CT molecular complexity index is 575. The number of nitrogens with one attached hydrogen (secondary N) is 2. The fourth-order valence-electron chi connectivity index (χ4n) is 2.20. The minimum atomic E-state index is 0.896. The summed E-state index contributed by atoms with van der Waals surface area (Å²) < 4.78 is 0. The Labute approximate surface area is 107 Å². The fraction of sp³-hybridized carbons (Fsp3) is 0.267. The summed E-state index contributed by atoms with van der Waals surface area (Å²) in [6, 6.07) is 12.3. The first-order valence-electron chi connectivity index (χ1n) is 6.40. The van der Waals surface area contributed by atoms with Crippen molar-refractivity contribution in [1.29, 1.82) is 0 Å². The van der Waals surface area contributed by atoms with Crippen molar-refractivity contribution in [3.05, 3.63) is 48.0 Å². The van der Waals surface area contributed by atoms with Crippen molar-refractivity contribution < 1.29 is 0 Å². The van der Waals surface area contributed by atoms with Crippen LogP contribution in [0.4, 0.5) is 5.82 Å². The molecule has 1 aliphatic rings. The monoisotopic (exact) mass is 239 g/mol. The van der Waals surface area contributed by atoms with E-state index in [1.807, 2.05) is 24.3 Å². The van der Waals surface area contributed by atoms with E-state index in [0.717, 1.165) is 37.4 Å². The van der Waals surface area contributed by atoms with Crippen LogP contribution in [0, 0.1) is 0 Å². The van der Waals surface area contributed by atoms with Gasteiger partial charge in [0.05, 0.1) is 5.52 Å². The number of anilines is 1. The molecule has 0 amide bonds. The quantitative estimate of drug-likeness (QED) is 0.808. The molecule has 0 unspecified atom stereocenters. The Hall–Kier alpha value is -1.87. The Balaban J connectivity index is 1.72. The van der Waals surface area contributed by atoms with Gasteiger partial charge in [-0.2, -0.15) is 0 Å². The van der Waals surface area contributed by atoms with Crippen LogP contribution in [0.3, 0.4) is 0 Å². The summed E-state index contributed by atoms with van der Waals surface area (Å²) in [5.74, 6) is 0.952. The molecule has 0 aliphatic carbocycles. The van der Waals surface area contributed by atoms with Crippen LogP contribution >= 0.6 is 0 Å². The van der Waals surface area contributed by atoms with E-state index in [9.17, 15) is 0 Å². The van der Waals surface area contributed by atoms with Crippen molar-refractivity contribution in [3.63, 3.8) is 0 Å². The Morgan fingerprint density at radius 2 is 2.11 bits per heavy atom. The fourth-order valence-corrected chi connectivity index (χ4v) is 2.20. The minimum Gasteiger partial charge on any atom is -0.366 e. The maximum absolute atomic E-state index is 4.61.